The minimum absolute atomic E-state index is 0.0770. The predicted molar refractivity (Wildman–Crippen MR) is 36.1 cm³/mol. The molecule has 60 valence electrons. The van der Waals surface area contributed by atoms with E-state index in [1.54, 1.807) is 0 Å². The maximum Gasteiger partial charge on any atom is 0.436 e. The number of hydrogen-bond donors (Lipinski definition) is 0. The van der Waals surface area contributed by atoms with Gasteiger partial charge < -0.3 is 4.42 Å². The van der Waals surface area contributed by atoms with Crippen molar-refractivity contribution in [3.8, 4) is 0 Å². The number of Topliss-reactive ketones (excluding diaryl/α,β-unsaturated/α-hetero) is 1. The average Bonchev–Trinajstić information content (AvgIpc) is 2.10. The summed E-state index contributed by atoms with van der Waals surface area (Å²) < 4.78 is 5.65. The van der Waals surface area contributed by atoms with E-state index in [9.17, 15) is 9.59 Å². The molecule has 1 rings (SSSR count). The van der Waals surface area contributed by atoms with Crippen molar-refractivity contribution in [2.75, 3.05) is 0 Å². The maximum absolute atomic E-state index is 10.6. The molecule has 0 N–H and O–H groups in total. The first-order valence-corrected chi connectivity index (χ1v) is 3.12. The van der Waals surface area contributed by atoms with E-state index in [1.807, 2.05) is 0 Å². The molecule has 0 aromatic carbocycles. The number of ketones is 1. The standard InChI is InChI=1S/C6H8N2O3/c1-4(9)3-5-7-8(2)6(10)11-5/h3H2,1-2H3. The fourth-order valence-electron chi connectivity index (χ4n) is 0.680. The second-order valence-electron chi connectivity index (χ2n) is 2.26. The molecule has 0 aliphatic carbocycles. The van der Waals surface area contributed by atoms with Gasteiger partial charge in [-0.05, 0) is 6.92 Å². The zero-order valence-electron chi connectivity index (χ0n) is 6.33. The van der Waals surface area contributed by atoms with Crippen LogP contribution in [-0.2, 0) is 18.3 Å². The molecule has 0 saturated carbocycles. The van der Waals surface area contributed by atoms with Crippen molar-refractivity contribution in [2.24, 2.45) is 7.05 Å². The van der Waals surface area contributed by atoms with Crippen molar-refractivity contribution < 1.29 is 9.21 Å². The largest absolute Gasteiger partial charge is 0.436 e. The Balaban J connectivity index is 2.89. The fourth-order valence-corrected chi connectivity index (χ4v) is 0.680. The Morgan fingerprint density at radius 2 is 2.36 bits per heavy atom. The normalized spacial score (nSPS) is 10.0. The molecule has 0 amide bonds. The van der Waals surface area contributed by atoms with E-state index < -0.39 is 5.76 Å². The summed E-state index contributed by atoms with van der Waals surface area (Å²) >= 11 is 0. The SMILES string of the molecule is CC(=O)Cc1nn(C)c(=O)o1. The van der Waals surface area contributed by atoms with Gasteiger partial charge in [-0.2, -0.15) is 4.68 Å². The lowest BCUT2D eigenvalue weighted by molar-refractivity contribution is -0.116. The quantitative estimate of drug-likeness (QED) is 0.579. The third-order valence-electron chi connectivity index (χ3n) is 1.13. The summed E-state index contributed by atoms with van der Waals surface area (Å²) in [7, 11) is 1.47. The van der Waals surface area contributed by atoms with Gasteiger partial charge in [0.15, 0.2) is 0 Å². The summed E-state index contributed by atoms with van der Waals surface area (Å²) in [5.74, 6) is -0.446. The number of carbonyl (C=O) groups excluding carboxylic acids is 1. The summed E-state index contributed by atoms with van der Waals surface area (Å²) in [6.45, 7) is 1.41. The summed E-state index contributed by atoms with van der Waals surface area (Å²) in [5.41, 5.74) is 0. The van der Waals surface area contributed by atoms with Gasteiger partial charge in [0.05, 0.1) is 6.42 Å². The minimum atomic E-state index is -0.541. The number of rotatable bonds is 2. The van der Waals surface area contributed by atoms with Crippen LogP contribution in [0.3, 0.4) is 0 Å². The molecule has 0 bridgehead atoms. The van der Waals surface area contributed by atoms with Gasteiger partial charge in [0.1, 0.15) is 5.78 Å². The molecule has 11 heavy (non-hydrogen) atoms. The summed E-state index contributed by atoms with van der Waals surface area (Å²) in [4.78, 5) is 21.2. The van der Waals surface area contributed by atoms with E-state index in [0.717, 1.165) is 4.68 Å². The summed E-state index contributed by atoms with van der Waals surface area (Å²) in [6.07, 6.45) is 0.0794. The monoisotopic (exact) mass is 156 g/mol. The van der Waals surface area contributed by atoms with Crippen LogP contribution in [0, 0.1) is 0 Å². The van der Waals surface area contributed by atoms with Crippen LogP contribution in [0.5, 0.6) is 0 Å². The van der Waals surface area contributed by atoms with Gasteiger partial charge in [0, 0.05) is 7.05 Å². The Bertz CT molecular complexity index is 323. The lowest BCUT2D eigenvalue weighted by Crippen LogP contribution is -2.09. The topological polar surface area (TPSA) is 65.1 Å². The number of nitrogens with zero attached hydrogens (tertiary/aromatic N) is 2. The van der Waals surface area contributed by atoms with Gasteiger partial charge in [-0.15, -0.1) is 5.10 Å². The van der Waals surface area contributed by atoms with Crippen LogP contribution in [0.4, 0.5) is 0 Å². The van der Waals surface area contributed by atoms with Crippen molar-refractivity contribution in [1.82, 2.24) is 9.78 Å². The first-order chi connectivity index (χ1) is 5.09. The first kappa shape index (κ1) is 7.71. The molecule has 0 fully saturated rings. The highest BCUT2D eigenvalue weighted by atomic mass is 16.4. The Labute approximate surface area is 62.6 Å². The molecular formula is C6H8N2O3. The average molecular weight is 156 g/mol. The van der Waals surface area contributed by atoms with Crippen molar-refractivity contribution in [3.63, 3.8) is 0 Å². The highest BCUT2D eigenvalue weighted by Gasteiger charge is 2.05. The molecule has 1 heterocycles. The molecule has 0 atom stereocenters. The van der Waals surface area contributed by atoms with Crippen molar-refractivity contribution in [2.45, 2.75) is 13.3 Å². The van der Waals surface area contributed by atoms with Crippen molar-refractivity contribution in [1.29, 1.82) is 0 Å². The molecule has 5 heteroatoms. The molecule has 0 unspecified atom stereocenters. The van der Waals surface area contributed by atoms with Crippen LogP contribution in [0.15, 0.2) is 9.21 Å². The van der Waals surface area contributed by atoms with Gasteiger partial charge in [-0.1, -0.05) is 0 Å². The second-order valence-corrected chi connectivity index (χ2v) is 2.26. The molecule has 0 radical (unpaired) electrons. The molecular weight excluding hydrogens is 148 g/mol. The van der Waals surface area contributed by atoms with Crippen LogP contribution in [-0.4, -0.2) is 15.6 Å². The van der Waals surface area contributed by atoms with E-state index in [1.165, 1.54) is 14.0 Å². The number of hydrogen-bond acceptors (Lipinski definition) is 4. The van der Waals surface area contributed by atoms with Crippen LogP contribution in [0.1, 0.15) is 12.8 Å². The van der Waals surface area contributed by atoms with Crippen LogP contribution in [0.2, 0.25) is 0 Å². The van der Waals surface area contributed by atoms with E-state index in [-0.39, 0.29) is 18.1 Å². The van der Waals surface area contributed by atoms with Gasteiger partial charge in [-0.25, -0.2) is 4.79 Å². The number of aryl methyl sites for hydroxylation is 1. The molecule has 1 aromatic rings. The van der Waals surface area contributed by atoms with E-state index in [4.69, 9.17) is 0 Å². The Kier molecular flexibility index (Phi) is 1.89. The third-order valence-corrected chi connectivity index (χ3v) is 1.13. The van der Waals surface area contributed by atoms with E-state index in [2.05, 4.69) is 9.52 Å². The van der Waals surface area contributed by atoms with Gasteiger partial charge in [0.2, 0.25) is 5.89 Å². The van der Waals surface area contributed by atoms with E-state index in [0.29, 0.717) is 0 Å². The van der Waals surface area contributed by atoms with Crippen molar-refractivity contribution in [3.05, 3.63) is 16.4 Å². The smallest absolute Gasteiger partial charge is 0.392 e. The lowest BCUT2D eigenvalue weighted by atomic mass is 10.3. The zero-order chi connectivity index (χ0) is 8.43. The van der Waals surface area contributed by atoms with Crippen LogP contribution >= 0.6 is 0 Å². The van der Waals surface area contributed by atoms with Crippen LogP contribution < -0.4 is 5.76 Å². The minimum Gasteiger partial charge on any atom is -0.392 e. The molecule has 0 saturated heterocycles. The van der Waals surface area contributed by atoms with Gasteiger partial charge >= 0.3 is 5.76 Å². The highest BCUT2D eigenvalue weighted by molar-refractivity contribution is 5.77. The number of carbonyl (C=O) groups is 1. The maximum atomic E-state index is 10.6. The molecule has 0 spiro atoms. The Morgan fingerprint density at radius 1 is 1.73 bits per heavy atom. The van der Waals surface area contributed by atoms with E-state index >= 15 is 0 Å². The Morgan fingerprint density at radius 3 is 2.73 bits per heavy atom. The van der Waals surface area contributed by atoms with Crippen molar-refractivity contribution >= 4 is 5.78 Å². The molecule has 1 aromatic heterocycles. The first-order valence-electron chi connectivity index (χ1n) is 3.12. The molecule has 5 nitrogen and oxygen atoms in total. The number of aromatic nitrogens is 2. The van der Waals surface area contributed by atoms with Crippen LogP contribution in [0.25, 0.3) is 0 Å². The summed E-state index contributed by atoms with van der Waals surface area (Å²) in [6, 6.07) is 0. The second kappa shape index (κ2) is 2.69. The summed E-state index contributed by atoms with van der Waals surface area (Å²) in [5, 5.41) is 3.67. The third kappa shape index (κ3) is 1.76. The lowest BCUT2D eigenvalue weighted by Gasteiger charge is -1.83. The molecule has 0 aliphatic rings. The fraction of sp³-hybridized carbons (Fsp3) is 0.500. The Hall–Kier alpha value is -1.39. The highest BCUT2D eigenvalue weighted by Crippen LogP contribution is 1.90. The van der Waals surface area contributed by atoms with Gasteiger partial charge in [0.25, 0.3) is 0 Å². The van der Waals surface area contributed by atoms with Gasteiger partial charge in [-0.3, -0.25) is 4.79 Å². The zero-order valence-corrected chi connectivity index (χ0v) is 6.33. The predicted octanol–water partition coefficient (Wildman–Crippen LogP) is -0.495. The molecule has 0 aliphatic heterocycles.